The molecule has 1 aromatic rings. The van der Waals surface area contributed by atoms with Crippen molar-refractivity contribution in [3.8, 4) is 0 Å². The molecule has 0 aromatic heterocycles. The van der Waals surface area contributed by atoms with Gasteiger partial charge in [0, 0.05) is 11.4 Å². The number of carbonyl (C=O) groups excluding carboxylic acids is 1. The first-order valence-electron chi connectivity index (χ1n) is 4.62. The van der Waals surface area contributed by atoms with E-state index < -0.39 is 10.2 Å². The number of rotatable bonds is 2. The molecule has 88 valence electrons. The summed E-state index contributed by atoms with van der Waals surface area (Å²) in [6.45, 7) is 1.85. The highest BCUT2D eigenvalue weighted by atomic mass is 32.3. The van der Waals surface area contributed by atoms with Gasteiger partial charge in [0.25, 0.3) is 5.24 Å². The SMILES string of the molecule is Cc1ccc(N)cc1NC(=O)S(C)(C)N=O. The van der Waals surface area contributed by atoms with Crippen LogP contribution in [0.5, 0.6) is 0 Å². The Labute approximate surface area is 95.8 Å². The summed E-state index contributed by atoms with van der Waals surface area (Å²) in [5.41, 5.74) is 7.69. The monoisotopic (exact) mass is 241 g/mol. The lowest BCUT2D eigenvalue weighted by atomic mass is 10.2. The lowest BCUT2D eigenvalue weighted by Gasteiger charge is -2.20. The summed E-state index contributed by atoms with van der Waals surface area (Å²) in [5.74, 6) is 0. The van der Waals surface area contributed by atoms with Crippen LogP contribution in [0.1, 0.15) is 5.56 Å². The van der Waals surface area contributed by atoms with E-state index >= 15 is 0 Å². The van der Waals surface area contributed by atoms with E-state index in [-0.39, 0.29) is 5.24 Å². The van der Waals surface area contributed by atoms with Crippen LogP contribution >= 0.6 is 10.2 Å². The molecule has 16 heavy (non-hydrogen) atoms. The van der Waals surface area contributed by atoms with Gasteiger partial charge in [-0.05, 0) is 51.9 Å². The zero-order valence-corrected chi connectivity index (χ0v) is 10.3. The minimum Gasteiger partial charge on any atom is -0.399 e. The molecule has 1 aromatic carbocycles. The Hall–Kier alpha value is -1.56. The predicted octanol–water partition coefficient (Wildman–Crippen LogP) is 2.85. The minimum atomic E-state index is -2.15. The number of aryl methyl sites for hydroxylation is 1. The van der Waals surface area contributed by atoms with Crippen LogP contribution in [0.2, 0.25) is 0 Å². The predicted molar refractivity (Wildman–Crippen MR) is 69.8 cm³/mol. The second kappa shape index (κ2) is 4.52. The van der Waals surface area contributed by atoms with Gasteiger partial charge < -0.3 is 11.1 Å². The fraction of sp³-hybridized carbons (Fsp3) is 0.300. The summed E-state index contributed by atoms with van der Waals surface area (Å²) in [4.78, 5) is 22.2. The molecule has 6 heteroatoms. The Balaban J connectivity index is 2.93. The molecule has 1 rings (SSSR count). The number of hydrogen-bond acceptors (Lipinski definition) is 4. The third kappa shape index (κ3) is 2.73. The van der Waals surface area contributed by atoms with Gasteiger partial charge in [-0.25, -0.2) is 0 Å². The topological polar surface area (TPSA) is 84.5 Å². The van der Waals surface area contributed by atoms with Crippen molar-refractivity contribution in [1.29, 1.82) is 0 Å². The van der Waals surface area contributed by atoms with Gasteiger partial charge in [-0.15, -0.1) is 4.91 Å². The first kappa shape index (κ1) is 12.5. The molecule has 0 aliphatic carbocycles. The van der Waals surface area contributed by atoms with Crippen LogP contribution in [0, 0.1) is 11.8 Å². The number of anilines is 2. The Kier molecular flexibility index (Phi) is 3.54. The zero-order chi connectivity index (χ0) is 12.3. The van der Waals surface area contributed by atoms with E-state index in [0.717, 1.165) is 5.56 Å². The Morgan fingerprint density at radius 2 is 2.06 bits per heavy atom. The van der Waals surface area contributed by atoms with Crippen LogP contribution in [-0.2, 0) is 0 Å². The van der Waals surface area contributed by atoms with Gasteiger partial charge in [0.05, 0.1) is 0 Å². The van der Waals surface area contributed by atoms with Crippen molar-refractivity contribution in [2.24, 2.45) is 4.58 Å². The Bertz CT molecular complexity index is 432. The highest BCUT2D eigenvalue weighted by molar-refractivity contribution is 8.43. The first-order chi connectivity index (χ1) is 7.36. The maximum Gasteiger partial charge on any atom is 0.287 e. The number of nitrogen functional groups attached to an aromatic ring is 1. The van der Waals surface area contributed by atoms with E-state index in [1.54, 1.807) is 12.1 Å². The highest BCUT2D eigenvalue weighted by Crippen LogP contribution is 2.42. The standard InChI is InChI=1S/C10H15N3O2S/c1-7-4-5-8(11)6-9(7)12-10(14)16(2,3)13-15/h4-6H,11H2,1-3H3,(H,12,14). The van der Waals surface area contributed by atoms with Gasteiger partial charge >= 0.3 is 0 Å². The molecule has 0 saturated heterocycles. The van der Waals surface area contributed by atoms with Crippen LogP contribution in [0.4, 0.5) is 16.2 Å². The molecular formula is C10H15N3O2S. The Morgan fingerprint density at radius 1 is 1.44 bits per heavy atom. The fourth-order valence-corrected chi connectivity index (χ4v) is 1.47. The number of nitrogens with two attached hydrogens (primary N) is 1. The van der Waals surface area contributed by atoms with E-state index in [0.29, 0.717) is 11.4 Å². The minimum absolute atomic E-state index is 0.365. The molecular weight excluding hydrogens is 226 g/mol. The molecule has 0 aliphatic rings. The summed E-state index contributed by atoms with van der Waals surface area (Å²) in [6.07, 6.45) is 3.08. The van der Waals surface area contributed by atoms with Crippen LogP contribution < -0.4 is 11.1 Å². The van der Waals surface area contributed by atoms with Gasteiger partial charge in [-0.2, -0.15) is 0 Å². The first-order valence-corrected chi connectivity index (χ1v) is 7.02. The van der Waals surface area contributed by atoms with E-state index in [2.05, 4.69) is 9.90 Å². The summed E-state index contributed by atoms with van der Waals surface area (Å²) < 4.78 is 2.86. The van der Waals surface area contributed by atoms with Crippen molar-refractivity contribution in [3.05, 3.63) is 28.7 Å². The summed E-state index contributed by atoms with van der Waals surface area (Å²) in [7, 11) is -2.15. The number of carbonyl (C=O) groups is 1. The number of hydrogen-bond donors (Lipinski definition) is 2. The zero-order valence-electron chi connectivity index (χ0n) is 9.48. The lowest BCUT2D eigenvalue weighted by molar-refractivity contribution is 0.269. The lowest BCUT2D eigenvalue weighted by Crippen LogP contribution is -2.16. The number of amides is 1. The summed E-state index contributed by atoms with van der Waals surface area (Å²) >= 11 is 0. The third-order valence-electron chi connectivity index (χ3n) is 2.14. The molecule has 3 N–H and O–H groups in total. The van der Waals surface area contributed by atoms with Crippen molar-refractivity contribution in [1.82, 2.24) is 0 Å². The molecule has 0 saturated carbocycles. The molecule has 0 unspecified atom stereocenters. The second-order valence-electron chi connectivity index (χ2n) is 3.83. The molecule has 0 bridgehead atoms. The summed E-state index contributed by atoms with van der Waals surface area (Å²) in [5, 5.41) is 2.30. The molecule has 0 radical (unpaired) electrons. The van der Waals surface area contributed by atoms with Gasteiger partial charge in [0.15, 0.2) is 0 Å². The molecule has 0 aliphatic heterocycles. The molecule has 0 atom stereocenters. The fourth-order valence-electron chi connectivity index (χ4n) is 1.04. The van der Waals surface area contributed by atoms with Gasteiger partial charge in [-0.1, -0.05) is 6.07 Å². The van der Waals surface area contributed by atoms with Crippen molar-refractivity contribution >= 4 is 26.8 Å². The van der Waals surface area contributed by atoms with Gasteiger partial charge in [0.2, 0.25) is 0 Å². The molecule has 0 fully saturated rings. The highest BCUT2D eigenvalue weighted by Gasteiger charge is 2.23. The van der Waals surface area contributed by atoms with Crippen molar-refractivity contribution in [3.63, 3.8) is 0 Å². The number of nitrogens with one attached hydrogen (secondary N) is 1. The van der Waals surface area contributed by atoms with Crippen molar-refractivity contribution in [2.45, 2.75) is 6.92 Å². The van der Waals surface area contributed by atoms with Crippen molar-refractivity contribution in [2.75, 3.05) is 23.6 Å². The number of nitroso groups, excluding NO2 is 1. The molecule has 0 spiro atoms. The normalized spacial score (nSPS) is 11.9. The van der Waals surface area contributed by atoms with E-state index in [4.69, 9.17) is 5.73 Å². The third-order valence-corrected chi connectivity index (χ3v) is 3.52. The van der Waals surface area contributed by atoms with E-state index in [1.807, 2.05) is 13.0 Å². The van der Waals surface area contributed by atoms with Crippen LogP contribution in [0.15, 0.2) is 22.8 Å². The van der Waals surface area contributed by atoms with Crippen molar-refractivity contribution < 1.29 is 4.79 Å². The largest absolute Gasteiger partial charge is 0.399 e. The molecule has 5 nitrogen and oxygen atoms in total. The Morgan fingerprint density at radius 3 is 2.62 bits per heavy atom. The maximum atomic E-state index is 11.7. The van der Waals surface area contributed by atoms with Crippen LogP contribution in [0.25, 0.3) is 0 Å². The van der Waals surface area contributed by atoms with Gasteiger partial charge in [-0.3, -0.25) is 4.79 Å². The van der Waals surface area contributed by atoms with Crippen LogP contribution in [-0.4, -0.2) is 17.8 Å². The van der Waals surface area contributed by atoms with E-state index in [9.17, 15) is 9.70 Å². The average molecular weight is 241 g/mol. The van der Waals surface area contributed by atoms with Gasteiger partial charge in [0.1, 0.15) is 0 Å². The van der Waals surface area contributed by atoms with E-state index in [1.165, 1.54) is 12.5 Å². The maximum absolute atomic E-state index is 11.7. The second-order valence-corrected chi connectivity index (χ2v) is 6.90. The molecule has 0 heterocycles. The average Bonchev–Trinajstić information content (AvgIpc) is 2.23. The smallest absolute Gasteiger partial charge is 0.287 e. The molecule has 1 amide bonds. The number of benzene rings is 1. The van der Waals surface area contributed by atoms with Crippen LogP contribution in [0.3, 0.4) is 0 Å². The summed E-state index contributed by atoms with van der Waals surface area (Å²) in [6, 6.07) is 5.22. The quantitative estimate of drug-likeness (QED) is 0.616. The number of nitrogens with zero attached hydrogens (tertiary/aromatic N) is 1.